The molecule has 6 heteroatoms. The van der Waals surface area contributed by atoms with Gasteiger partial charge in [-0.2, -0.15) is 5.10 Å². The number of nitrogens with zero attached hydrogens (tertiary/aromatic N) is 2. The highest BCUT2D eigenvalue weighted by Gasteiger charge is 2.28. The molecule has 31 heavy (non-hydrogen) atoms. The first-order chi connectivity index (χ1) is 15.2. The quantitative estimate of drug-likeness (QED) is 0.531. The molecular formula is C25H20FN3O2. The molecule has 1 amide bonds. The van der Waals surface area contributed by atoms with Crippen LogP contribution in [0.5, 0.6) is 5.75 Å². The van der Waals surface area contributed by atoms with Crippen LogP contribution in [0, 0.1) is 5.82 Å². The first kappa shape index (κ1) is 19.1. The maximum Gasteiger partial charge on any atom is 0.261 e. The second-order valence-corrected chi connectivity index (χ2v) is 7.43. The minimum atomic E-state index is -0.546. The van der Waals surface area contributed by atoms with Gasteiger partial charge in [0.1, 0.15) is 11.6 Å². The number of halogens is 1. The summed E-state index contributed by atoms with van der Waals surface area (Å²) in [6.45, 7) is 0.286. The molecule has 0 aliphatic carbocycles. The van der Waals surface area contributed by atoms with Crippen molar-refractivity contribution in [3.8, 4) is 22.7 Å². The normalized spacial score (nSPS) is 14.7. The number of hydrogen-bond acceptors (Lipinski definition) is 3. The second-order valence-electron chi connectivity index (χ2n) is 7.43. The number of carbonyl (C=O) groups excluding carboxylic acids is 1. The highest BCUT2D eigenvalue weighted by molar-refractivity contribution is 5.82. The zero-order chi connectivity index (χ0) is 21.2. The maximum absolute atomic E-state index is 13.4. The van der Waals surface area contributed by atoms with Crippen molar-refractivity contribution in [3.63, 3.8) is 0 Å². The molecule has 0 radical (unpaired) electrons. The average Bonchev–Trinajstić information content (AvgIpc) is 3.43. The van der Waals surface area contributed by atoms with Gasteiger partial charge in [0, 0.05) is 30.3 Å². The van der Waals surface area contributed by atoms with Crippen molar-refractivity contribution in [1.82, 2.24) is 15.1 Å². The molecule has 0 spiro atoms. The van der Waals surface area contributed by atoms with Gasteiger partial charge >= 0.3 is 0 Å². The van der Waals surface area contributed by atoms with E-state index in [9.17, 15) is 9.18 Å². The predicted octanol–water partition coefficient (Wildman–Crippen LogP) is 4.30. The molecular weight excluding hydrogens is 393 g/mol. The van der Waals surface area contributed by atoms with Crippen LogP contribution in [0.4, 0.5) is 4.39 Å². The number of nitrogens with one attached hydrogen (secondary N) is 1. The van der Waals surface area contributed by atoms with Crippen LogP contribution in [0.15, 0.2) is 85.1 Å². The van der Waals surface area contributed by atoms with E-state index >= 15 is 0 Å². The lowest BCUT2D eigenvalue weighted by molar-refractivity contribution is -0.127. The Kier molecular flexibility index (Phi) is 4.96. The van der Waals surface area contributed by atoms with Crippen LogP contribution in [-0.2, 0) is 17.8 Å². The fraction of sp³-hybridized carbons (Fsp3) is 0.120. The molecule has 1 aromatic heterocycles. The summed E-state index contributed by atoms with van der Waals surface area (Å²) in [5, 5.41) is 7.67. The van der Waals surface area contributed by atoms with Gasteiger partial charge in [0.25, 0.3) is 5.91 Å². The topological polar surface area (TPSA) is 56.2 Å². The van der Waals surface area contributed by atoms with Crippen molar-refractivity contribution in [3.05, 3.63) is 102 Å². The number of hydrogen-bond donors (Lipinski definition) is 1. The third-order valence-electron chi connectivity index (χ3n) is 5.32. The van der Waals surface area contributed by atoms with Gasteiger partial charge in [-0.15, -0.1) is 0 Å². The number of amides is 1. The molecule has 3 aromatic carbocycles. The minimum Gasteiger partial charge on any atom is -0.480 e. The third kappa shape index (κ3) is 3.92. The molecule has 5 rings (SSSR count). The molecule has 1 N–H and O–H groups in total. The standard InChI is InChI=1S/C25H20FN3O2/c26-20-12-10-17(11-13-20)24-19(16-29(28-24)21-7-2-1-3-8-21)15-27-25(30)23-14-18-6-4-5-9-22(18)31-23/h1-13,16,23H,14-15H2,(H,27,30). The van der Waals surface area contributed by atoms with E-state index in [2.05, 4.69) is 5.32 Å². The van der Waals surface area contributed by atoms with Crippen LogP contribution >= 0.6 is 0 Å². The van der Waals surface area contributed by atoms with Gasteiger partial charge in [-0.25, -0.2) is 9.07 Å². The highest BCUT2D eigenvalue weighted by Crippen LogP contribution is 2.28. The predicted molar refractivity (Wildman–Crippen MR) is 115 cm³/mol. The number of fused-ring (bicyclic) bond motifs is 1. The van der Waals surface area contributed by atoms with E-state index in [1.165, 1.54) is 12.1 Å². The monoisotopic (exact) mass is 413 g/mol. The Morgan fingerprint density at radius 3 is 2.55 bits per heavy atom. The van der Waals surface area contributed by atoms with Crippen molar-refractivity contribution in [2.75, 3.05) is 0 Å². The molecule has 1 unspecified atom stereocenters. The number of carbonyl (C=O) groups is 1. The van der Waals surface area contributed by atoms with E-state index in [1.807, 2.05) is 60.8 Å². The summed E-state index contributed by atoms with van der Waals surface area (Å²) >= 11 is 0. The van der Waals surface area contributed by atoms with Crippen molar-refractivity contribution in [1.29, 1.82) is 0 Å². The maximum atomic E-state index is 13.4. The smallest absolute Gasteiger partial charge is 0.261 e. The van der Waals surface area contributed by atoms with Crippen molar-refractivity contribution in [2.45, 2.75) is 19.1 Å². The number of ether oxygens (including phenoxy) is 1. The van der Waals surface area contributed by atoms with E-state index in [-0.39, 0.29) is 18.3 Å². The summed E-state index contributed by atoms with van der Waals surface area (Å²) in [6, 6.07) is 23.6. The molecule has 0 bridgehead atoms. The van der Waals surface area contributed by atoms with E-state index < -0.39 is 6.10 Å². The summed E-state index contributed by atoms with van der Waals surface area (Å²) in [5.41, 5.74) is 4.24. The van der Waals surface area contributed by atoms with Crippen LogP contribution in [-0.4, -0.2) is 21.8 Å². The van der Waals surface area contributed by atoms with Crippen LogP contribution in [0.1, 0.15) is 11.1 Å². The van der Waals surface area contributed by atoms with Gasteiger partial charge < -0.3 is 10.1 Å². The summed E-state index contributed by atoms with van der Waals surface area (Å²) in [6.07, 6.45) is 1.89. The summed E-state index contributed by atoms with van der Waals surface area (Å²) in [5.74, 6) is 0.277. The lowest BCUT2D eigenvalue weighted by Crippen LogP contribution is -2.37. The van der Waals surface area contributed by atoms with E-state index in [4.69, 9.17) is 9.84 Å². The Labute approximate surface area is 179 Å². The molecule has 1 aliphatic heterocycles. The Morgan fingerprint density at radius 1 is 1.03 bits per heavy atom. The molecule has 154 valence electrons. The van der Waals surface area contributed by atoms with Crippen molar-refractivity contribution < 1.29 is 13.9 Å². The SMILES string of the molecule is O=C(NCc1cn(-c2ccccc2)nc1-c1ccc(F)cc1)C1Cc2ccccc2O1. The Hall–Kier alpha value is -3.93. The molecule has 0 fully saturated rings. The number of aromatic nitrogens is 2. The minimum absolute atomic E-state index is 0.172. The van der Waals surface area contributed by atoms with Crippen molar-refractivity contribution in [2.24, 2.45) is 0 Å². The van der Waals surface area contributed by atoms with Gasteiger partial charge in [0.2, 0.25) is 0 Å². The van der Waals surface area contributed by atoms with E-state index in [1.54, 1.807) is 16.8 Å². The Balaban J connectivity index is 1.38. The van der Waals surface area contributed by atoms with Crippen molar-refractivity contribution >= 4 is 5.91 Å². The summed E-state index contributed by atoms with van der Waals surface area (Å²) in [7, 11) is 0. The van der Waals surface area contributed by atoms with Gasteiger partial charge in [-0.3, -0.25) is 4.79 Å². The first-order valence-electron chi connectivity index (χ1n) is 10.1. The largest absolute Gasteiger partial charge is 0.480 e. The lowest BCUT2D eigenvalue weighted by atomic mass is 10.1. The molecule has 1 atom stereocenters. The fourth-order valence-electron chi connectivity index (χ4n) is 3.73. The van der Waals surface area contributed by atoms with Gasteiger partial charge in [0.05, 0.1) is 11.4 Å². The third-order valence-corrected chi connectivity index (χ3v) is 5.32. The molecule has 5 nitrogen and oxygen atoms in total. The second kappa shape index (κ2) is 8.07. The van der Waals surface area contributed by atoms with E-state index in [0.717, 1.165) is 28.1 Å². The molecule has 4 aromatic rings. The first-order valence-corrected chi connectivity index (χ1v) is 10.1. The zero-order valence-corrected chi connectivity index (χ0v) is 16.7. The van der Waals surface area contributed by atoms with Crippen LogP contribution in [0.2, 0.25) is 0 Å². The summed E-state index contributed by atoms with van der Waals surface area (Å²) in [4.78, 5) is 12.7. The highest BCUT2D eigenvalue weighted by atomic mass is 19.1. The molecule has 1 aliphatic rings. The zero-order valence-electron chi connectivity index (χ0n) is 16.7. The Morgan fingerprint density at radius 2 is 1.77 bits per heavy atom. The fourth-order valence-corrected chi connectivity index (χ4v) is 3.73. The van der Waals surface area contributed by atoms with Gasteiger partial charge in [-0.05, 0) is 48.0 Å². The van der Waals surface area contributed by atoms with Crippen LogP contribution < -0.4 is 10.1 Å². The van der Waals surface area contributed by atoms with Gasteiger partial charge in [0.15, 0.2) is 6.10 Å². The van der Waals surface area contributed by atoms with E-state index in [0.29, 0.717) is 12.1 Å². The molecule has 0 saturated carbocycles. The number of para-hydroxylation sites is 2. The Bertz CT molecular complexity index is 1190. The number of benzene rings is 3. The summed E-state index contributed by atoms with van der Waals surface area (Å²) < 4.78 is 21.0. The lowest BCUT2D eigenvalue weighted by Gasteiger charge is -2.11. The van der Waals surface area contributed by atoms with Crippen LogP contribution in [0.3, 0.4) is 0 Å². The molecule has 0 saturated heterocycles. The average molecular weight is 413 g/mol. The van der Waals surface area contributed by atoms with Crippen LogP contribution in [0.25, 0.3) is 16.9 Å². The molecule has 2 heterocycles. The number of rotatable bonds is 5. The van der Waals surface area contributed by atoms with Gasteiger partial charge in [-0.1, -0.05) is 36.4 Å².